The number of fused-ring (bicyclic) bond motifs is 1. The Morgan fingerprint density at radius 2 is 1.67 bits per heavy atom. The molecule has 0 saturated carbocycles. The fraction of sp³-hybridized carbons (Fsp3) is 0.0952. The van der Waals surface area contributed by atoms with Gasteiger partial charge in [0.15, 0.2) is 14.9 Å². The standard InChI is InChI=1S/C21H13F3N2O3S/c1-30(28,29)18-9-14(12-7-6-11(22)8-17(12)24)15-10-25-21(27)19(20(15)26-18)13-4-2-3-5-16(13)23/h2-10,19H,1H3. The van der Waals surface area contributed by atoms with Crippen molar-refractivity contribution >= 4 is 22.0 Å². The highest BCUT2D eigenvalue weighted by atomic mass is 32.2. The SMILES string of the molecule is CS(=O)(=O)c1cc(-c2ccc(F)cc2F)c2c(n1)C(c1ccccc1F)C(=O)N=C2. The molecule has 30 heavy (non-hydrogen) atoms. The van der Waals surface area contributed by atoms with Crippen molar-refractivity contribution in [3.63, 3.8) is 0 Å². The van der Waals surface area contributed by atoms with E-state index < -0.39 is 44.1 Å². The van der Waals surface area contributed by atoms with Gasteiger partial charge in [-0.15, -0.1) is 0 Å². The Kier molecular flexibility index (Phi) is 4.77. The van der Waals surface area contributed by atoms with Gasteiger partial charge >= 0.3 is 0 Å². The number of amides is 1. The summed E-state index contributed by atoms with van der Waals surface area (Å²) < 4.78 is 66.8. The van der Waals surface area contributed by atoms with Crippen molar-refractivity contribution in [1.82, 2.24) is 4.98 Å². The number of aliphatic imine (C=N–C) groups is 1. The molecule has 0 aliphatic carbocycles. The Labute approximate surface area is 169 Å². The maximum atomic E-state index is 14.5. The van der Waals surface area contributed by atoms with Crippen molar-refractivity contribution in [3.8, 4) is 11.1 Å². The lowest BCUT2D eigenvalue weighted by atomic mass is 9.86. The Bertz CT molecular complexity index is 1340. The summed E-state index contributed by atoms with van der Waals surface area (Å²) in [6.07, 6.45) is 2.04. The fourth-order valence-corrected chi connectivity index (χ4v) is 3.93. The number of rotatable bonds is 3. The topological polar surface area (TPSA) is 76.5 Å². The van der Waals surface area contributed by atoms with Gasteiger partial charge in [0.2, 0.25) is 0 Å². The number of pyridine rings is 1. The van der Waals surface area contributed by atoms with Crippen molar-refractivity contribution in [2.24, 2.45) is 4.99 Å². The van der Waals surface area contributed by atoms with Gasteiger partial charge in [-0.3, -0.25) is 4.79 Å². The van der Waals surface area contributed by atoms with Gasteiger partial charge in [0, 0.05) is 35.2 Å². The van der Waals surface area contributed by atoms with E-state index >= 15 is 0 Å². The molecule has 5 nitrogen and oxygen atoms in total. The Balaban J connectivity index is 2.08. The Hall–Kier alpha value is -3.33. The average molecular weight is 430 g/mol. The van der Waals surface area contributed by atoms with Crippen LogP contribution in [0.1, 0.15) is 22.7 Å². The van der Waals surface area contributed by atoms with Gasteiger partial charge in [0.1, 0.15) is 23.4 Å². The highest BCUT2D eigenvalue weighted by Crippen LogP contribution is 2.37. The van der Waals surface area contributed by atoms with E-state index in [-0.39, 0.29) is 27.9 Å². The molecule has 1 aromatic heterocycles. The molecule has 1 amide bonds. The predicted octanol–water partition coefficient (Wildman–Crippen LogP) is 3.66. The molecule has 2 heterocycles. The second kappa shape index (κ2) is 7.17. The second-order valence-electron chi connectivity index (χ2n) is 6.75. The molecule has 1 aliphatic rings. The van der Waals surface area contributed by atoms with Crippen LogP contribution in [0.15, 0.2) is 58.5 Å². The number of halogens is 3. The molecule has 0 saturated heterocycles. The molecule has 1 atom stereocenters. The minimum Gasteiger partial charge on any atom is -0.271 e. The molecule has 1 aliphatic heterocycles. The summed E-state index contributed by atoms with van der Waals surface area (Å²) in [7, 11) is -3.88. The normalized spacial score (nSPS) is 15.9. The van der Waals surface area contributed by atoms with E-state index in [1.807, 2.05) is 0 Å². The molecule has 1 unspecified atom stereocenters. The first-order chi connectivity index (χ1) is 14.2. The minimum absolute atomic E-state index is 0.0377. The fourth-order valence-electron chi connectivity index (χ4n) is 3.34. The average Bonchev–Trinajstić information content (AvgIpc) is 2.67. The molecule has 0 N–H and O–H groups in total. The first-order valence-electron chi connectivity index (χ1n) is 8.69. The summed E-state index contributed by atoms with van der Waals surface area (Å²) >= 11 is 0. The summed E-state index contributed by atoms with van der Waals surface area (Å²) in [6, 6.07) is 9.43. The van der Waals surface area contributed by atoms with E-state index in [1.54, 1.807) is 0 Å². The van der Waals surface area contributed by atoms with Gasteiger partial charge in [-0.1, -0.05) is 18.2 Å². The zero-order valence-electron chi connectivity index (χ0n) is 15.4. The smallest absolute Gasteiger partial charge is 0.259 e. The van der Waals surface area contributed by atoms with E-state index in [4.69, 9.17) is 0 Å². The Morgan fingerprint density at radius 1 is 0.933 bits per heavy atom. The number of aromatic nitrogens is 1. The van der Waals surface area contributed by atoms with Crippen LogP contribution in [0.3, 0.4) is 0 Å². The first kappa shape index (κ1) is 20.0. The number of nitrogens with zero attached hydrogens (tertiary/aromatic N) is 2. The monoisotopic (exact) mass is 430 g/mol. The van der Waals surface area contributed by atoms with Crippen LogP contribution >= 0.6 is 0 Å². The molecule has 2 aromatic carbocycles. The highest BCUT2D eigenvalue weighted by Gasteiger charge is 2.34. The lowest BCUT2D eigenvalue weighted by molar-refractivity contribution is -0.118. The van der Waals surface area contributed by atoms with Crippen molar-refractivity contribution in [2.75, 3.05) is 6.26 Å². The van der Waals surface area contributed by atoms with Gasteiger partial charge in [-0.25, -0.2) is 31.6 Å². The van der Waals surface area contributed by atoms with Crippen LogP contribution in [0.2, 0.25) is 0 Å². The van der Waals surface area contributed by atoms with Crippen LogP contribution in [-0.2, 0) is 14.6 Å². The van der Waals surface area contributed by atoms with E-state index in [0.717, 1.165) is 36.7 Å². The van der Waals surface area contributed by atoms with Crippen LogP contribution in [0.5, 0.6) is 0 Å². The maximum absolute atomic E-state index is 14.5. The van der Waals surface area contributed by atoms with Crippen LogP contribution in [-0.4, -0.2) is 31.8 Å². The molecular weight excluding hydrogens is 417 g/mol. The van der Waals surface area contributed by atoms with E-state index in [2.05, 4.69) is 9.98 Å². The number of carbonyl (C=O) groups excluding carboxylic acids is 1. The molecule has 4 rings (SSSR count). The molecule has 0 spiro atoms. The third kappa shape index (κ3) is 3.41. The Morgan fingerprint density at radius 3 is 2.33 bits per heavy atom. The third-order valence-corrected chi connectivity index (χ3v) is 5.69. The maximum Gasteiger partial charge on any atom is 0.259 e. The predicted molar refractivity (Wildman–Crippen MR) is 104 cm³/mol. The largest absolute Gasteiger partial charge is 0.271 e. The molecule has 9 heteroatoms. The number of hydrogen-bond acceptors (Lipinski definition) is 4. The van der Waals surface area contributed by atoms with E-state index in [1.165, 1.54) is 18.2 Å². The lowest BCUT2D eigenvalue weighted by Crippen LogP contribution is -2.23. The summed E-state index contributed by atoms with van der Waals surface area (Å²) in [5, 5.41) is -0.426. The van der Waals surface area contributed by atoms with E-state index in [9.17, 15) is 26.4 Å². The number of benzene rings is 2. The van der Waals surface area contributed by atoms with E-state index in [0.29, 0.717) is 6.07 Å². The molecule has 3 aromatic rings. The molecule has 0 radical (unpaired) electrons. The van der Waals surface area contributed by atoms with Crippen LogP contribution in [0.25, 0.3) is 11.1 Å². The number of carbonyl (C=O) groups is 1. The van der Waals surface area contributed by atoms with Gasteiger partial charge in [-0.2, -0.15) is 0 Å². The van der Waals surface area contributed by atoms with Crippen molar-refractivity contribution in [2.45, 2.75) is 10.9 Å². The number of hydrogen-bond donors (Lipinski definition) is 0. The summed E-state index contributed by atoms with van der Waals surface area (Å²) in [5.41, 5.74) is -0.00432. The van der Waals surface area contributed by atoms with Crippen molar-refractivity contribution in [3.05, 3.63) is 82.8 Å². The van der Waals surface area contributed by atoms with Crippen molar-refractivity contribution in [1.29, 1.82) is 0 Å². The number of sulfone groups is 1. The van der Waals surface area contributed by atoms with Crippen LogP contribution in [0, 0.1) is 17.5 Å². The van der Waals surface area contributed by atoms with Gasteiger partial charge in [0.25, 0.3) is 5.91 Å². The van der Waals surface area contributed by atoms with Crippen LogP contribution in [0.4, 0.5) is 13.2 Å². The van der Waals surface area contributed by atoms with Gasteiger partial charge in [-0.05, 0) is 29.8 Å². The molecule has 0 bridgehead atoms. The van der Waals surface area contributed by atoms with Gasteiger partial charge < -0.3 is 0 Å². The molecular formula is C21H13F3N2O3S. The summed E-state index contributed by atoms with van der Waals surface area (Å²) in [4.78, 5) is 20.4. The summed E-state index contributed by atoms with van der Waals surface area (Å²) in [5.74, 6) is -4.49. The van der Waals surface area contributed by atoms with Gasteiger partial charge in [0.05, 0.1) is 5.69 Å². The third-order valence-electron chi connectivity index (χ3n) is 4.72. The molecule has 0 fully saturated rings. The highest BCUT2D eigenvalue weighted by molar-refractivity contribution is 7.90. The zero-order chi connectivity index (χ0) is 21.6. The van der Waals surface area contributed by atoms with Crippen LogP contribution < -0.4 is 0 Å². The van der Waals surface area contributed by atoms with Crippen molar-refractivity contribution < 1.29 is 26.4 Å². The summed E-state index contributed by atoms with van der Waals surface area (Å²) in [6.45, 7) is 0. The second-order valence-corrected chi connectivity index (χ2v) is 8.72. The minimum atomic E-state index is -3.88. The molecule has 152 valence electrons. The quantitative estimate of drug-likeness (QED) is 0.636. The zero-order valence-corrected chi connectivity index (χ0v) is 16.3. The lowest BCUT2D eigenvalue weighted by Gasteiger charge is -2.23. The first-order valence-corrected chi connectivity index (χ1v) is 10.6.